The lowest BCUT2D eigenvalue weighted by Crippen LogP contribution is -2.23. The Morgan fingerprint density at radius 1 is 1.04 bits per heavy atom. The van der Waals surface area contributed by atoms with E-state index in [2.05, 4.69) is 45.9 Å². The van der Waals surface area contributed by atoms with E-state index in [1.807, 2.05) is 7.05 Å². The van der Waals surface area contributed by atoms with Gasteiger partial charge in [-0.05, 0) is 12.8 Å². The third-order valence-corrected chi connectivity index (χ3v) is 3.77. The highest BCUT2D eigenvalue weighted by Crippen LogP contribution is 2.05. The van der Waals surface area contributed by atoms with E-state index in [9.17, 15) is 13.0 Å². The first-order chi connectivity index (χ1) is 10.9. The van der Waals surface area contributed by atoms with Crippen molar-refractivity contribution in [1.29, 1.82) is 0 Å². The second kappa shape index (κ2) is 13.5. The van der Waals surface area contributed by atoms with Crippen molar-refractivity contribution in [3.05, 3.63) is 18.7 Å². The number of aromatic nitrogens is 2. The smallest absolute Gasteiger partial charge is 0.243 e. The van der Waals surface area contributed by atoms with E-state index in [4.69, 9.17) is 0 Å². The van der Waals surface area contributed by atoms with Gasteiger partial charge in [0.1, 0.15) is 12.4 Å². The van der Waals surface area contributed by atoms with E-state index < -0.39 is 10.4 Å². The van der Waals surface area contributed by atoms with Crippen LogP contribution < -0.4 is 4.57 Å². The van der Waals surface area contributed by atoms with Gasteiger partial charge in [0.25, 0.3) is 0 Å². The minimum atomic E-state index is -4.47. The van der Waals surface area contributed by atoms with Crippen LogP contribution in [0.25, 0.3) is 0 Å². The van der Waals surface area contributed by atoms with Crippen molar-refractivity contribution in [3.8, 4) is 0 Å². The SMILES string of the molecule is CCCCCCCCOS(=O)(=O)[O-].CCCCn1cc[n+](C)c1. The van der Waals surface area contributed by atoms with Gasteiger partial charge in [0, 0.05) is 0 Å². The molecule has 0 aliphatic heterocycles. The maximum absolute atomic E-state index is 9.99. The van der Waals surface area contributed by atoms with Crippen LogP contribution in [0.15, 0.2) is 18.7 Å². The number of aryl methyl sites for hydroxylation is 2. The largest absolute Gasteiger partial charge is 0.726 e. The molecule has 0 N–H and O–H groups in total. The van der Waals surface area contributed by atoms with Crippen LogP contribution in [-0.2, 0) is 28.2 Å². The number of hydrogen-bond acceptors (Lipinski definition) is 4. The van der Waals surface area contributed by atoms with Crippen LogP contribution in [0.4, 0.5) is 0 Å². The van der Waals surface area contributed by atoms with Gasteiger partial charge in [0.15, 0.2) is 0 Å². The van der Waals surface area contributed by atoms with E-state index in [1.54, 1.807) is 0 Å². The molecule has 0 amide bonds. The van der Waals surface area contributed by atoms with Gasteiger partial charge in [-0.1, -0.05) is 52.4 Å². The second-order valence-electron chi connectivity index (χ2n) is 5.67. The van der Waals surface area contributed by atoms with Crippen LogP contribution in [-0.4, -0.2) is 24.1 Å². The third kappa shape index (κ3) is 15.7. The monoisotopic (exact) mass is 348 g/mol. The normalized spacial score (nSPS) is 11.1. The number of imidazole rings is 1. The summed E-state index contributed by atoms with van der Waals surface area (Å²) in [6.07, 6.45) is 15.0. The molecule has 0 aliphatic carbocycles. The molecule has 0 saturated carbocycles. The van der Waals surface area contributed by atoms with E-state index in [0.717, 1.165) is 19.4 Å². The summed E-state index contributed by atoms with van der Waals surface area (Å²) in [5.41, 5.74) is 0. The molecule has 0 unspecified atom stereocenters. The van der Waals surface area contributed by atoms with Crippen LogP contribution in [0.3, 0.4) is 0 Å². The average molecular weight is 349 g/mol. The lowest BCUT2D eigenvalue weighted by Gasteiger charge is -2.06. The van der Waals surface area contributed by atoms with Gasteiger partial charge >= 0.3 is 0 Å². The maximum Gasteiger partial charge on any atom is 0.243 e. The van der Waals surface area contributed by atoms with E-state index >= 15 is 0 Å². The molecule has 23 heavy (non-hydrogen) atoms. The first kappa shape index (κ1) is 22.1. The van der Waals surface area contributed by atoms with Crippen molar-refractivity contribution < 1.29 is 21.7 Å². The predicted octanol–water partition coefficient (Wildman–Crippen LogP) is 2.94. The molecule has 0 atom stereocenters. The van der Waals surface area contributed by atoms with Crippen molar-refractivity contribution in [2.24, 2.45) is 7.05 Å². The topological polar surface area (TPSA) is 75.2 Å². The molecule has 0 fully saturated rings. The zero-order chi connectivity index (χ0) is 17.6. The number of hydrogen-bond donors (Lipinski definition) is 0. The summed E-state index contributed by atoms with van der Waals surface area (Å²) in [7, 11) is -2.43. The molecule has 0 spiro atoms. The highest BCUT2D eigenvalue weighted by Gasteiger charge is 1.96. The zero-order valence-electron chi connectivity index (χ0n) is 14.7. The standard InChI is InChI=1S/C8H15N2.C8H18O4S/c1-3-4-5-10-7-6-9(2)8-10;1-2-3-4-5-6-7-8-12-13(9,10)11/h6-8H,3-5H2,1-2H3;2-8H2,1H3,(H,9,10,11)/q+1;/p-1. The van der Waals surface area contributed by atoms with Crippen LogP contribution in [0.1, 0.15) is 65.2 Å². The molecule has 1 aromatic rings. The van der Waals surface area contributed by atoms with Gasteiger partial charge in [-0.25, -0.2) is 17.6 Å². The van der Waals surface area contributed by atoms with Crippen molar-refractivity contribution in [2.45, 2.75) is 71.8 Å². The van der Waals surface area contributed by atoms with Crippen molar-refractivity contribution in [2.75, 3.05) is 6.61 Å². The molecule has 1 aromatic heterocycles. The highest BCUT2D eigenvalue weighted by molar-refractivity contribution is 7.80. The minimum Gasteiger partial charge on any atom is -0.726 e. The van der Waals surface area contributed by atoms with Gasteiger partial charge in [-0.2, -0.15) is 0 Å². The van der Waals surface area contributed by atoms with Crippen LogP contribution in [0.2, 0.25) is 0 Å². The van der Waals surface area contributed by atoms with Crippen LogP contribution >= 0.6 is 0 Å². The summed E-state index contributed by atoms with van der Waals surface area (Å²) >= 11 is 0. The van der Waals surface area contributed by atoms with Gasteiger partial charge in [0.05, 0.1) is 20.2 Å². The Kier molecular flexibility index (Phi) is 13.0. The molecule has 1 heterocycles. The van der Waals surface area contributed by atoms with Gasteiger partial charge in [-0.3, -0.25) is 4.18 Å². The first-order valence-electron chi connectivity index (χ1n) is 8.50. The Labute approximate surface area is 141 Å². The van der Waals surface area contributed by atoms with Gasteiger partial charge in [0.2, 0.25) is 16.7 Å². The number of rotatable bonds is 11. The Balaban J connectivity index is 0.000000433. The lowest BCUT2D eigenvalue weighted by atomic mass is 10.1. The van der Waals surface area contributed by atoms with E-state index in [-0.39, 0.29) is 6.61 Å². The fourth-order valence-electron chi connectivity index (χ4n) is 2.02. The van der Waals surface area contributed by atoms with E-state index in [1.165, 1.54) is 32.1 Å². The summed E-state index contributed by atoms with van der Waals surface area (Å²) in [5, 5.41) is 0. The van der Waals surface area contributed by atoms with Crippen molar-refractivity contribution in [1.82, 2.24) is 4.57 Å². The van der Waals surface area contributed by atoms with Gasteiger partial charge in [-0.15, -0.1) is 0 Å². The predicted molar refractivity (Wildman–Crippen MR) is 89.5 cm³/mol. The molecule has 0 aromatic carbocycles. The highest BCUT2D eigenvalue weighted by atomic mass is 32.3. The van der Waals surface area contributed by atoms with Crippen LogP contribution in [0, 0.1) is 0 Å². The fraction of sp³-hybridized carbons (Fsp3) is 0.812. The summed E-state index contributed by atoms with van der Waals surface area (Å²) in [6, 6.07) is 0. The molecule has 7 heteroatoms. The molecule has 0 bridgehead atoms. The molecule has 136 valence electrons. The Morgan fingerprint density at radius 3 is 2.17 bits per heavy atom. The number of nitrogens with zero attached hydrogens (tertiary/aromatic N) is 2. The molecule has 1 rings (SSSR count). The molecule has 6 nitrogen and oxygen atoms in total. The lowest BCUT2D eigenvalue weighted by molar-refractivity contribution is -0.671. The second-order valence-corrected chi connectivity index (χ2v) is 6.72. The molecule has 0 radical (unpaired) electrons. The van der Waals surface area contributed by atoms with Crippen molar-refractivity contribution in [3.63, 3.8) is 0 Å². The van der Waals surface area contributed by atoms with Crippen LogP contribution in [0.5, 0.6) is 0 Å². The summed E-state index contributed by atoms with van der Waals surface area (Å²) in [4.78, 5) is 0. The fourth-order valence-corrected chi connectivity index (χ4v) is 2.34. The molecular formula is C16H32N2O4S. The van der Waals surface area contributed by atoms with E-state index in [0.29, 0.717) is 6.42 Å². The summed E-state index contributed by atoms with van der Waals surface area (Å²) in [6.45, 7) is 5.52. The average Bonchev–Trinajstić information content (AvgIpc) is 2.89. The number of unbranched alkanes of at least 4 members (excludes halogenated alkanes) is 6. The first-order valence-corrected chi connectivity index (χ1v) is 9.83. The Hall–Kier alpha value is -0.920. The summed E-state index contributed by atoms with van der Waals surface area (Å²) in [5.74, 6) is 0. The molecular weight excluding hydrogens is 316 g/mol. The molecule has 0 aliphatic rings. The zero-order valence-corrected chi connectivity index (χ0v) is 15.6. The minimum absolute atomic E-state index is 0.0258. The Morgan fingerprint density at radius 2 is 1.65 bits per heavy atom. The molecule has 0 saturated heterocycles. The quantitative estimate of drug-likeness (QED) is 0.267. The van der Waals surface area contributed by atoms with Crippen molar-refractivity contribution >= 4 is 10.4 Å². The third-order valence-electron chi connectivity index (χ3n) is 3.32. The van der Waals surface area contributed by atoms with Gasteiger partial charge < -0.3 is 4.55 Å². The maximum atomic E-state index is 9.99. The summed E-state index contributed by atoms with van der Waals surface area (Å²) < 4.78 is 38.3. The Bertz CT molecular complexity index is 486.